The standard InChI is InChI=1S/C17H16N2/c1-12-6-4-5-7-16(12)19-13(2)17(19)14-8-10-15(18-3)11-9-14/h4-11,13,17H,1-2H3/t13-,17-,19?/m0/s1/i13D. The lowest BCUT2D eigenvalue weighted by Gasteiger charge is -2.09. The summed E-state index contributed by atoms with van der Waals surface area (Å²) < 4.78 is 8.50. The van der Waals surface area contributed by atoms with Crippen molar-refractivity contribution in [3.05, 3.63) is 71.1 Å². The van der Waals surface area contributed by atoms with E-state index in [2.05, 4.69) is 28.8 Å². The Labute approximate surface area is 115 Å². The van der Waals surface area contributed by atoms with Crippen LogP contribution in [0.25, 0.3) is 4.85 Å². The molecular formula is C17H16N2. The van der Waals surface area contributed by atoms with Gasteiger partial charge in [-0.1, -0.05) is 42.5 Å². The van der Waals surface area contributed by atoms with E-state index in [0.29, 0.717) is 5.69 Å². The third-order valence-corrected chi connectivity index (χ3v) is 3.68. The first-order valence-electron chi connectivity index (χ1n) is 6.88. The molecule has 3 rings (SSSR count). The van der Waals surface area contributed by atoms with Gasteiger partial charge >= 0.3 is 0 Å². The molecule has 0 unspecified atom stereocenters. The van der Waals surface area contributed by atoms with Crippen LogP contribution in [0.2, 0.25) is 0 Å². The van der Waals surface area contributed by atoms with Crippen LogP contribution in [0.4, 0.5) is 11.4 Å². The molecule has 0 N–H and O–H groups in total. The van der Waals surface area contributed by atoms with Gasteiger partial charge in [-0.3, -0.25) is 0 Å². The SMILES string of the molecule is [2H][C@]1(C)[C@@H](c2ccc([N+]#[C-])cc2)N1c1ccccc1C. The Kier molecular flexibility index (Phi) is 2.48. The number of hydrogen-bond donors (Lipinski definition) is 0. The second-order valence-electron chi connectivity index (χ2n) is 4.90. The number of anilines is 1. The molecule has 2 nitrogen and oxygen atoms in total. The zero-order valence-electron chi connectivity index (χ0n) is 12.1. The average Bonchev–Trinajstić information content (AvgIpc) is 3.02. The Morgan fingerprint density at radius 3 is 2.47 bits per heavy atom. The fourth-order valence-corrected chi connectivity index (χ4v) is 2.58. The molecule has 94 valence electrons. The normalized spacial score (nSPS) is 25.6. The van der Waals surface area contributed by atoms with Crippen molar-refractivity contribution in [3.8, 4) is 0 Å². The van der Waals surface area contributed by atoms with Crippen LogP contribution in [0.5, 0.6) is 0 Å². The van der Waals surface area contributed by atoms with Crippen molar-refractivity contribution < 1.29 is 1.37 Å². The summed E-state index contributed by atoms with van der Waals surface area (Å²) in [6.45, 7) is 11.0. The van der Waals surface area contributed by atoms with E-state index in [9.17, 15) is 0 Å². The molecule has 2 heteroatoms. The van der Waals surface area contributed by atoms with Crippen molar-refractivity contribution in [3.63, 3.8) is 0 Å². The molecule has 1 aliphatic rings. The highest BCUT2D eigenvalue weighted by atomic mass is 15.3. The van der Waals surface area contributed by atoms with E-state index in [1.165, 1.54) is 5.56 Å². The van der Waals surface area contributed by atoms with E-state index < -0.39 is 6.02 Å². The number of benzene rings is 2. The van der Waals surface area contributed by atoms with Crippen LogP contribution in [0, 0.1) is 13.5 Å². The summed E-state index contributed by atoms with van der Waals surface area (Å²) in [5.41, 5.74) is 4.04. The van der Waals surface area contributed by atoms with Crippen molar-refractivity contribution in [2.45, 2.75) is 25.9 Å². The van der Waals surface area contributed by atoms with Crippen molar-refractivity contribution in [2.75, 3.05) is 4.90 Å². The maximum Gasteiger partial charge on any atom is 0.187 e. The first-order valence-corrected chi connectivity index (χ1v) is 6.38. The molecule has 2 atom stereocenters. The second-order valence-corrected chi connectivity index (χ2v) is 4.90. The van der Waals surface area contributed by atoms with Crippen LogP contribution in [0.1, 0.15) is 25.5 Å². The Balaban J connectivity index is 1.95. The Morgan fingerprint density at radius 2 is 1.84 bits per heavy atom. The number of para-hydroxylation sites is 1. The minimum atomic E-state index is -0.619. The van der Waals surface area contributed by atoms with Gasteiger partial charge in [0.15, 0.2) is 5.69 Å². The van der Waals surface area contributed by atoms with Crippen molar-refractivity contribution in [1.29, 1.82) is 0 Å². The number of hydrogen-bond acceptors (Lipinski definition) is 1. The molecule has 0 amide bonds. The summed E-state index contributed by atoms with van der Waals surface area (Å²) >= 11 is 0. The van der Waals surface area contributed by atoms with E-state index in [0.717, 1.165) is 11.3 Å². The van der Waals surface area contributed by atoms with Gasteiger partial charge in [0.25, 0.3) is 0 Å². The average molecular weight is 249 g/mol. The van der Waals surface area contributed by atoms with Gasteiger partial charge in [0, 0.05) is 5.69 Å². The van der Waals surface area contributed by atoms with Crippen LogP contribution < -0.4 is 4.90 Å². The van der Waals surface area contributed by atoms with E-state index in [-0.39, 0.29) is 6.04 Å². The highest BCUT2D eigenvalue weighted by Crippen LogP contribution is 2.47. The zero-order valence-corrected chi connectivity index (χ0v) is 11.1. The molecular weight excluding hydrogens is 232 g/mol. The van der Waals surface area contributed by atoms with E-state index in [1.807, 2.05) is 43.3 Å². The van der Waals surface area contributed by atoms with Gasteiger partial charge < -0.3 is 4.90 Å². The van der Waals surface area contributed by atoms with Crippen LogP contribution in [-0.4, -0.2) is 6.02 Å². The van der Waals surface area contributed by atoms with Crippen LogP contribution in [0.3, 0.4) is 0 Å². The quantitative estimate of drug-likeness (QED) is 0.561. The predicted octanol–water partition coefficient (Wildman–Crippen LogP) is 4.50. The van der Waals surface area contributed by atoms with Crippen molar-refractivity contribution in [1.82, 2.24) is 0 Å². The zero-order chi connectivity index (χ0) is 14.3. The summed E-state index contributed by atoms with van der Waals surface area (Å²) in [5, 5.41) is 0. The van der Waals surface area contributed by atoms with Gasteiger partial charge in [0.05, 0.1) is 20.0 Å². The fourth-order valence-electron chi connectivity index (χ4n) is 2.58. The summed E-state index contributed by atoms with van der Waals surface area (Å²) in [4.78, 5) is 5.53. The molecule has 19 heavy (non-hydrogen) atoms. The van der Waals surface area contributed by atoms with E-state index in [4.69, 9.17) is 7.94 Å². The fraction of sp³-hybridized carbons (Fsp3) is 0.235. The number of nitrogens with zero attached hydrogens (tertiary/aromatic N) is 2. The molecule has 1 fully saturated rings. The second kappa shape index (κ2) is 4.44. The Hall–Kier alpha value is -2.27. The largest absolute Gasteiger partial charge is 0.357 e. The molecule has 2 aromatic rings. The molecule has 0 aromatic heterocycles. The molecule has 1 heterocycles. The Morgan fingerprint density at radius 1 is 1.16 bits per heavy atom. The van der Waals surface area contributed by atoms with E-state index in [1.54, 1.807) is 0 Å². The topological polar surface area (TPSA) is 7.37 Å². The maximum atomic E-state index is 8.50. The third-order valence-electron chi connectivity index (χ3n) is 3.68. The van der Waals surface area contributed by atoms with Gasteiger partial charge in [-0.05, 0) is 31.0 Å². The smallest absolute Gasteiger partial charge is 0.187 e. The molecule has 1 aliphatic heterocycles. The minimum absolute atomic E-state index is 0.0587. The van der Waals surface area contributed by atoms with E-state index >= 15 is 0 Å². The first kappa shape index (κ1) is 10.6. The summed E-state index contributed by atoms with van der Waals surface area (Å²) in [6.07, 6.45) is 0. The third kappa shape index (κ3) is 1.98. The minimum Gasteiger partial charge on any atom is -0.357 e. The molecule has 0 saturated carbocycles. The van der Waals surface area contributed by atoms with Crippen molar-refractivity contribution >= 4 is 11.4 Å². The summed E-state index contributed by atoms with van der Waals surface area (Å²) in [7, 11) is 0. The lowest BCUT2D eigenvalue weighted by atomic mass is 10.1. The first-order chi connectivity index (χ1) is 9.55. The van der Waals surface area contributed by atoms with Crippen LogP contribution in [0.15, 0.2) is 48.5 Å². The molecule has 0 aliphatic carbocycles. The summed E-state index contributed by atoms with van der Waals surface area (Å²) in [6, 6.07) is 15.2. The summed E-state index contributed by atoms with van der Waals surface area (Å²) in [5.74, 6) is 0. The predicted molar refractivity (Wildman–Crippen MR) is 78.6 cm³/mol. The van der Waals surface area contributed by atoms with Crippen molar-refractivity contribution in [2.24, 2.45) is 0 Å². The van der Waals surface area contributed by atoms with Gasteiger partial charge in [0.2, 0.25) is 0 Å². The highest BCUT2D eigenvalue weighted by Gasteiger charge is 2.45. The van der Waals surface area contributed by atoms with Gasteiger partial charge in [-0.2, -0.15) is 0 Å². The lowest BCUT2D eigenvalue weighted by molar-refractivity contribution is 1.04. The highest BCUT2D eigenvalue weighted by molar-refractivity contribution is 5.63. The van der Waals surface area contributed by atoms with Crippen LogP contribution >= 0.6 is 0 Å². The monoisotopic (exact) mass is 249 g/mol. The van der Waals surface area contributed by atoms with Gasteiger partial charge in [-0.25, -0.2) is 4.85 Å². The maximum absolute atomic E-state index is 8.50. The Bertz CT molecular complexity index is 683. The van der Waals surface area contributed by atoms with Crippen LogP contribution in [-0.2, 0) is 0 Å². The number of aryl methyl sites for hydroxylation is 1. The molecule has 2 aromatic carbocycles. The molecule has 0 spiro atoms. The molecule has 0 bridgehead atoms. The van der Waals surface area contributed by atoms with Gasteiger partial charge in [0.1, 0.15) is 0 Å². The molecule has 0 radical (unpaired) electrons. The lowest BCUT2D eigenvalue weighted by Crippen LogP contribution is -1.98. The van der Waals surface area contributed by atoms with Gasteiger partial charge in [-0.15, -0.1) is 0 Å². The molecule has 1 saturated heterocycles. The number of rotatable bonds is 2.